The van der Waals surface area contributed by atoms with Crippen molar-refractivity contribution in [3.63, 3.8) is 0 Å². The number of hydrogen-bond acceptors (Lipinski definition) is 6. The number of carbonyl (C=O) groups excluding carboxylic acids is 1. The molecule has 7 nitrogen and oxygen atoms in total. The predicted molar refractivity (Wildman–Crippen MR) is 73.4 cm³/mol. The lowest BCUT2D eigenvalue weighted by molar-refractivity contribution is 0.0962. The SMILES string of the molecule is COc1ccc(C(=O)NNc2nc(C)cc(C)n2)cn1. The lowest BCUT2D eigenvalue weighted by Gasteiger charge is -2.08. The Morgan fingerprint density at radius 3 is 2.45 bits per heavy atom. The molecule has 0 aliphatic heterocycles. The van der Waals surface area contributed by atoms with Crippen molar-refractivity contribution in [2.24, 2.45) is 0 Å². The molecule has 2 heterocycles. The molecule has 0 unspecified atom stereocenters. The van der Waals surface area contributed by atoms with Gasteiger partial charge >= 0.3 is 0 Å². The summed E-state index contributed by atoms with van der Waals surface area (Å²) in [6, 6.07) is 5.08. The van der Waals surface area contributed by atoms with Gasteiger partial charge in [0.2, 0.25) is 11.8 Å². The molecule has 0 radical (unpaired) electrons. The van der Waals surface area contributed by atoms with Crippen molar-refractivity contribution in [1.29, 1.82) is 0 Å². The van der Waals surface area contributed by atoms with E-state index in [2.05, 4.69) is 25.8 Å². The first-order valence-electron chi connectivity index (χ1n) is 5.97. The normalized spacial score (nSPS) is 9.95. The van der Waals surface area contributed by atoms with Gasteiger partial charge in [-0.2, -0.15) is 0 Å². The van der Waals surface area contributed by atoms with Gasteiger partial charge in [-0.1, -0.05) is 0 Å². The Morgan fingerprint density at radius 2 is 1.90 bits per heavy atom. The second-order valence-corrected chi connectivity index (χ2v) is 4.14. The Kier molecular flexibility index (Phi) is 4.09. The molecule has 0 atom stereocenters. The smallest absolute Gasteiger partial charge is 0.271 e. The van der Waals surface area contributed by atoms with Crippen LogP contribution in [0.25, 0.3) is 0 Å². The molecular weight excluding hydrogens is 258 g/mol. The van der Waals surface area contributed by atoms with Crippen LogP contribution in [0, 0.1) is 13.8 Å². The van der Waals surface area contributed by atoms with E-state index in [4.69, 9.17) is 4.74 Å². The lowest BCUT2D eigenvalue weighted by Crippen LogP contribution is -2.30. The minimum atomic E-state index is -0.331. The summed E-state index contributed by atoms with van der Waals surface area (Å²) in [6.45, 7) is 3.71. The van der Waals surface area contributed by atoms with E-state index in [1.807, 2.05) is 19.9 Å². The quantitative estimate of drug-likeness (QED) is 0.815. The van der Waals surface area contributed by atoms with Gasteiger partial charge in [0.15, 0.2) is 0 Å². The summed E-state index contributed by atoms with van der Waals surface area (Å²) in [5.74, 6) is 0.465. The highest BCUT2D eigenvalue weighted by atomic mass is 16.5. The van der Waals surface area contributed by atoms with Gasteiger partial charge in [-0.15, -0.1) is 0 Å². The highest BCUT2D eigenvalue weighted by molar-refractivity contribution is 5.94. The van der Waals surface area contributed by atoms with E-state index >= 15 is 0 Å². The molecule has 0 spiro atoms. The standard InChI is InChI=1S/C13H15N5O2/c1-8-6-9(2)16-13(15-8)18-17-12(19)10-4-5-11(20-3)14-7-10/h4-7H,1-3H3,(H,17,19)(H,15,16,18). The number of hydrazine groups is 1. The Hall–Kier alpha value is -2.70. The monoisotopic (exact) mass is 273 g/mol. The Bertz CT molecular complexity index is 592. The van der Waals surface area contributed by atoms with E-state index in [0.717, 1.165) is 11.4 Å². The highest BCUT2D eigenvalue weighted by Gasteiger charge is 2.07. The van der Waals surface area contributed by atoms with E-state index in [0.29, 0.717) is 17.4 Å². The Balaban J connectivity index is 2.00. The summed E-state index contributed by atoms with van der Waals surface area (Å²) in [5.41, 5.74) is 7.23. The second kappa shape index (κ2) is 5.96. The minimum absolute atomic E-state index is 0.331. The third-order valence-electron chi connectivity index (χ3n) is 2.48. The number of hydrogen-bond donors (Lipinski definition) is 2. The summed E-state index contributed by atoms with van der Waals surface area (Å²) in [6.07, 6.45) is 1.43. The van der Waals surface area contributed by atoms with Crippen LogP contribution in [0.1, 0.15) is 21.7 Å². The van der Waals surface area contributed by atoms with E-state index in [1.54, 1.807) is 12.1 Å². The van der Waals surface area contributed by atoms with E-state index in [-0.39, 0.29) is 5.91 Å². The maximum Gasteiger partial charge on any atom is 0.271 e. The number of aryl methyl sites for hydroxylation is 2. The van der Waals surface area contributed by atoms with Crippen LogP contribution in [-0.4, -0.2) is 28.0 Å². The van der Waals surface area contributed by atoms with Crippen LogP contribution in [0.5, 0.6) is 5.88 Å². The molecule has 2 N–H and O–H groups in total. The van der Waals surface area contributed by atoms with Crippen LogP contribution in [0.3, 0.4) is 0 Å². The largest absolute Gasteiger partial charge is 0.481 e. The number of nitrogens with one attached hydrogen (secondary N) is 2. The number of anilines is 1. The predicted octanol–water partition coefficient (Wildman–Crippen LogP) is 1.25. The van der Waals surface area contributed by atoms with Crippen LogP contribution in [-0.2, 0) is 0 Å². The lowest BCUT2D eigenvalue weighted by atomic mass is 10.3. The Morgan fingerprint density at radius 1 is 1.20 bits per heavy atom. The number of amides is 1. The molecule has 0 aromatic carbocycles. The van der Waals surface area contributed by atoms with Crippen molar-refractivity contribution in [1.82, 2.24) is 20.4 Å². The molecule has 2 aromatic rings. The van der Waals surface area contributed by atoms with Crippen LogP contribution in [0.4, 0.5) is 5.95 Å². The van der Waals surface area contributed by atoms with Gasteiger partial charge in [-0.3, -0.25) is 15.6 Å². The van der Waals surface area contributed by atoms with Crippen molar-refractivity contribution in [3.05, 3.63) is 41.3 Å². The molecule has 0 aliphatic rings. The molecule has 2 aromatic heterocycles. The average Bonchev–Trinajstić information content (AvgIpc) is 2.44. The summed E-state index contributed by atoms with van der Waals surface area (Å²) in [7, 11) is 1.51. The fourth-order valence-corrected chi connectivity index (χ4v) is 1.60. The van der Waals surface area contributed by atoms with Crippen LogP contribution in [0.15, 0.2) is 24.4 Å². The van der Waals surface area contributed by atoms with Gasteiger partial charge in [0.25, 0.3) is 5.91 Å². The number of nitrogens with zero attached hydrogens (tertiary/aromatic N) is 3. The number of pyridine rings is 1. The fourth-order valence-electron chi connectivity index (χ4n) is 1.60. The van der Waals surface area contributed by atoms with Crippen molar-refractivity contribution < 1.29 is 9.53 Å². The zero-order chi connectivity index (χ0) is 14.5. The first kappa shape index (κ1) is 13.7. The molecule has 0 bridgehead atoms. The minimum Gasteiger partial charge on any atom is -0.481 e. The maximum absolute atomic E-state index is 11.9. The molecule has 2 rings (SSSR count). The molecule has 0 saturated heterocycles. The van der Waals surface area contributed by atoms with E-state index in [1.165, 1.54) is 13.3 Å². The summed E-state index contributed by atoms with van der Waals surface area (Å²) >= 11 is 0. The number of aromatic nitrogens is 3. The van der Waals surface area contributed by atoms with Crippen molar-refractivity contribution in [2.75, 3.05) is 12.5 Å². The summed E-state index contributed by atoms with van der Waals surface area (Å²) in [5, 5.41) is 0. The highest BCUT2D eigenvalue weighted by Crippen LogP contribution is 2.07. The zero-order valence-electron chi connectivity index (χ0n) is 11.5. The molecule has 7 heteroatoms. The molecule has 0 fully saturated rings. The van der Waals surface area contributed by atoms with E-state index < -0.39 is 0 Å². The van der Waals surface area contributed by atoms with Crippen LogP contribution >= 0.6 is 0 Å². The topological polar surface area (TPSA) is 89.0 Å². The molecule has 20 heavy (non-hydrogen) atoms. The fraction of sp³-hybridized carbons (Fsp3) is 0.231. The molecular formula is C13H15N5O2. The average molecular weight is 273 g/mol. The van der Waals surface area contributed by atoms with Crippen LogP contribution < -0.4 is 15.6 Å². The number of rotatable bonds is 4. The van der Waals surface area contributed by atoms with Gasteiger partial charge < -0.3 is 4.74 Å². The maximum atomic E-state index is 11.9. The van der Waals surface area contributed by atoms with Gasteiger partial charge in [-0.25, -0.2) is 15.0 Å². The number of methoxy groups -OCH3 is 1. The van der Waals surface area contributed by atoms with Gasteiger partial charge in [0, 0.05) is 23.7 Å². The van der Waals surface area contributed by atoms with E-state index in [9.17, 15) is 4.79 Å². The third kappa shape index (κ3) is 3.41. The molecule has 0 aliphatic carbocycles. The number of ether oxygens (including phenoxy) is 1. The molecule has 1 amide bonds. The van der Waals surface area contributed by atoms with Crippen molar-refractivity contribution in [3.8, 4) is 5.88 Å². The second-order valence-electron chi connectivity index (χ2n) is 4.14. The van der Waals surface area contributed by atoms with Crippen molar-refractivity contribution in [2.45, 2.75) is 13.8 Å². The van der Waals surface area contributed by atoms with Crippen LogP contribution in [0.2, 0.25) is 0 Å². The van der Waals surface area contributed by atoms with Gasteiger partial charge in [-0.05, 0) is 26.0 Å². The molecule has 104 valence electrons. The first-order valence-corrected chi connectivity index (χ1v) is 5.97. The van der Waals surface area contributed by atoms with Gasteiger partial charge in [0.1, 0.15) is 0 Å². The third-order valence-corrected chi connectivity index (χ3v) is 2.48. The summed E-state index contributed by atoms with van der Waals surface area (Å²) < 4.78 is 4.93. The first-order chi connectivity index (χ1) is 9.58. The van der Waals surface area contributed by atoms with Gasteiger partial charge in [0.05, 0.1) is 12.7 Å². The Labute approximate surface area is 116 Å². The van der Waals surface area contributed by atoms with Crippen molar-refractivity contribution >= 4 is 11.9 Å². The zero-order valence-corrected chi connectivity index (χ0v) is 11.5. The number of carbonyl (C=O) groups is 1. The summed E-state index contributed by atoms with van der Waals surface area (Å²) in [4.78, 5) is 24.1. The molecule has 0 saturated carbocycles.